The topological polar surface area (TPSA) is 0 Å². The maximum absolute atomic E-state index is 2.57. The molecule has 0 saturated heterocycles. The van der Waals surface area contributed by atoms with Crippen LogP contribution in [0.3, 0.4) is 0 Å². The van der Waals surface area contributed by atoms with Crippen molar-refractivity contribution < 1.29 is 46.1 Å². The fourth-order valence-corrected chi connectivity index (χ4v) is 14.9. The van der Waals surface area contributed by atoms with E-state index in [9.17, 15) is 0 Å². The Bertz CT molecular complexity index is 1170. The van der Waals surface area contributed by atoms with Gasteiger partial charge >= 0.3 is 182 Å². The Hall–Kier alpha value is -1.27. The first-order valence-electron chi connectivity index (χ1n) is 11.1. The molecule has 0 aromatic heterocycles. The van der Waals surface area contributed by atoms with Crippen LogP contribution in [0.4, 0.5) is 0 Å². The summed E-state index contributed by atoms with van der Waals surface area (Å²) in [5, 5.41) is 0. The molecule has 0 aliphatic heterocycles. The van der Waals surface area contributed by atoms with Crippen LogP contribution in [0.25, 0.3) is 17.2 Å². The summed E-state index contributed by atoms with van der Waals surface area (Å²) in [4.78, 5) is 0. The molecule has 31 heavy (non-hydrogen) atoms. The van der Waals surface area contributed by atoms with Crippen LogP contribution in [0.5, 0.6) is 0 Å². The molecule has 3 aromatic carbocycles. The average Bonchev–Trinajstić information content (AvgIpc) is 3.37. The van der Waals surface area contributed by atoms with E-state index in [0.717, 1.165) is 6.42 Å². The van der Waals surface area contributed by atoms with Crippen molar-refractivity contribution in [3.05, 3.63) is 95.1 Å². The van der Waals surface area contributed by atoms with Crippen LogP contribution in [-0.2, 0) is 27.7 Å². The van der Waals surface area contributed by atoms with E-state index in [1.807, 2.05) is 3.21 Å². The van der Waals surface area contributed by atoms with Gasteiger partial charge in [0, 0.05) is 0 Å². The second-order valence-corrected chi connectivity index (χ2v) is 15.3. The van der Waals surface area contributed by atoms with Crippen molar-refractivity contribution in [2.45, 2.75) is 42.2 Å². The minimum Gasteiger partial charge on any atom is -1.00 e. The molecule has 0 N–H and O–H groups in total. The number of fused-ring (bicyclic) bond motifs is 4. The van der Waals surface area contributed by atoms with E-state index >= 15 is 0 Å². The zero-order chi connectivity index (χ0) is 19.2. The van der Waals surface area contributed by atoms with Crippen molar-refractivity contribution in [2.24, 2.45) is 0 Å². The predicted octanol–water partition coefficient (Wildman–Crippen LogP) is 0.414. The molecular weight excluding hydrogens is 498 g/mol. The summed E-state index contributed by atoms with van der Waals surface area (Å²) < 4.78 is 4.44. The van der Waals surface area contributed by atoms with Crippen LogP contribution in [0.15, 0.2) is 72.8 Å². The third-order valence-corrected chi connectivity index (χ3v) is 15.5. The van der Waals surface area contributed by atoms with Gasteiger partial charge in [-0.15, -0.1) is 0 Å². The number of benzene rings is 3. The fraction of sp³-hybridized carbons (Fsp3) is 0.250. The number of hydrogen-bond acceptors (Lipinski definition) is 0. The molecule has 0 spiro atoms. The Balaban J connectivity index is 0.00000116. The first-order chi connectivity index (χ1) is 14.4. The molecule has 0 amide bonds. The molecule has 0 heterocycles. The third-order valence-electron chi connectivity index (χ3n) is 7.09. The van der Waals surface area contributed by atoms with Gasteiger partial charge in [-0.3, -0.25) is 0 Å². The molecule has 1 fully saturated rings. The smallest absolute Gasteiger partial charge is 1.00 e. The molecule has 1 unspecified atom stereocenters. The van der Waals surface area contributed by atoms with Gasteiger partial charge in [-0.1, -0.05) is 0 Å². The van der Waals surface area contributed by atoms with E-state index < -0.39 is 21.3 Å². The number of halogens is 2. The first-order valence-corrected chi connectivity index (χ1v) is 15.0. The quantitative estimate of drug-likeness (QED) is 0.357. The molecule has 3 aliphatic carbocycles. The number of rotatable bonds is 2. The Kier molecular flexibility index (Phi) is 7.17. The average molecular weight is 525 g/mol. The first kappa shape index (κ1) is 22.9. The van der Waals surface area contributed by atoms with E-state index in [2.05, 4.69) is 78.9 Å². The molecule has 1 atom stereocenters. The minimum atomic E-state index is -2.07. The fourth-order valence-electron chi connectivity index (χ4n) is 5.74. The molecule has 3 heteroatoms. The maximum atomic E-state index is 2.57. The predicted molar refractivity (Wildman–Crippen MR) is 121 cm³/mol. The van der Waals surface area contributed by atoms with Gasteiger partial charge in [0.15, 0.2) is 0 Å². The van der Waals surface area contributed by atoms with Crippen LogP contribution in [0.2, 0.25) is 0 Å². The van der Waals surface area contributed by atoms with E-state index in [4.69, 9.17) is 0 Å². The van der Waals surface area contributed by atoms with E-state index in [0.29, 0.717) is 3.63 Å². The zero-order valence-corrected chi connectivity index (χ0v) is 21.6. The molecule has 0 bridgehead atoms. The summed E-state index contributed by atoms with van der Waals surface area (Å²) in [6, 6.07) is 25.5. The summed E-state index contributed by atoms with van der Waals surface area (Å²) in [5.74, 6) is 0. The minimum absolute atomic E-state index is 0. The molecule has 6 rings (SSSR count). The third kappa shape index (κ3) is 3.99. The van der Waals surface area contributed by atoms with Crippen LogP contribution < -0.4 is 28.1 Å². The SMILES string of the molecule is C1=C[CH]([Zr+2](=[C]2CCCCC2)[c]2cccc3c2Cc2ccccc2-3)c2ccccc21.[Cl-].[Cl-]. The van der Waals surface area contributed by atoms with E-state index in [1.165, 1.54) is 54.4 Å². The molecule has 3 aromatic rings. The Morgan fingerprint density at radius 3 is 2.32 bits per heavy atom. The molecule has 156 valence electrons. The second-order valence-electron chi connectivity index (χ2n) is 8.71. The van der Waals surface area contributed by atoms with Gasteiger partial charge < -0.3 is 24.8 Å². The van der Waals surface area contributed by atoms with Crippen molar-refractivity contribution in [1.29, 1.82) is 0 Å². The summed E-state index contributed by atoms with van der Waals surface area (Å²) in [6.45, 7) is 0. The largest absolute Gasteiger partial charge is 1.00 e. The van der Waals surface area contributed by atoms with Crippen LogP contribution in [-0.4, -0.2) is 3.21 Å². The van der Waals surface area contributed by atoms with Crippen LogP contribution in [0.1, 0.15) is 58.0 Å². The molecular formula is C28H26Cl2Zr. The van der Waals surface area contributed by atoms with Crippen LogP contribution >= 0.6 is 0 Å². The standard InChI is InChI=1S/C13H9.C9H7.C6H10.2ClH.Zr/c1-3-7-12-10(5-1)9-11-6-2-4-8-13(11)12;1-2-5-9-7-3-6-8(9)4-1;1-2-4-6-5-3-1;;;/h1-5,7-8H,9H2;1-7H;1-5H2;2*1H;/q;;;;;+2/p-2. The Labute approximate surface area is 205 Å². The summed E-state index contributed by atoms with van der Waals surface area (Å²) in [7, 11) is 0. The van der Waals surface area contributed by atoms with Gasteiger partial charge in [-0.25, -0.2) is 0 Å². The normalized spacial score (nSPS) is 17.5. The summed E-state index contributed by atoms with van der Waals surface area (Å²) in [5.41, 5.74) is 9.24. The maximum Gasteiger partial charge on any atom is -1.00 e. The summed E-state index contributed by atoms with van der Waals surface area (Å²) in [6.07, 6.45) is 13.1. The number of hydrogen-bond donors (Lipinski definition) is 0. The molecule has 3 aliphatic rings. The monoisotopic (exact) mass is 522 g/mol. The van der Waals surface area contributed by atoms with Crippen molar-refractivity contribution in [3.8, 4) is 11.1 Å². The van der Waals surface area contributed by atoms with Crippen molar-refractivity contribution in [2.75, 3.05) is 0 Å². The van der Waals surface area contributed by atoms with E-state index in [-0.39, 0.29) is 24.8 Å². The van der Waals surface area contributed by atoms with Gasteiger partial charge in [-0.2, -0.15) is 0 Å². The van der Waals surface area contributed by atoms with Crippen molar-refractivity contribution in [1.82, 2.24) is 0 Å². The van der Waals surface area contributed by atoms with Crippen molar-refractivity contribution in [3.63, 3.8) is 0 Å². The summed E-state index contributed by atoms with van der Waals surface area (Å²) >= 11 is -2.07. The van der Waals surface area contributed by atoms with Gasteiger partial charge in [0.25, 0.3) is 0 Å². The zero-order valence-electron chi connectivity index (χ0n) is 17.6. The number of allylic oxidation sites excluding steroid dienone is 1. The Morgan fingerprint density at radius 1 is 0.710 bits per heavy atom. The van der Waals surface area contributed by atoms with Gasteiger partial charge in [-0.05, 0) is 0 Å². The van der Waals surface area contributed by atoms with Gasteiger partial charge in [0.1, 0.15) is 0 Å². The molecule has 1 saturated carbocycles. The van der Waals surface area contributed by atoms with Gasteiger partial charge in [0.05, 0.1) is 0 Å². The molecule has 0 radical (unpaired) electrons. The second kappa shape index (κ2) is 9.70. The van der Waals surface area contributed by atoms with Crippen LogP contribution in [0, 0.1) is 0 Å². The molecule has 0 nitrogen and oxygen atoms in total. The van der Waals surface area contributed by atoms with Crippen molar-refractivity contribution >= 4 is 12.6 Å². The van der Waals surface area contributed by atoms with E-state index in [1.54, 1.807) is 14.4 Å². The van der Waals surface area contributed by atoms with Gasteiger partial charge in [0.2, 0.25) is 0 Å². The Morgan fingerprint density at radius 2 is 1.45 bits per heavy atom.